The van der Waals surface area contributed by atoms with Crippen LogP contribution < -0.4 is 15.0 Å². The van der Waals surface area contributed by atoms with E-state index in [0.717, 1.165) is 18.9 Å². The van der Waals surface area contributed by atoms with Crippen molar-refractivity contribution in [3.05, 3.63) is 12.4 Å². The molecule has 1 atom stereocenters. The molecule has 5 nitrogen and oxygen atoms in total. The summed E-state index contributed by atoms with van der Waals surface area (Å²) in [5, 5.41) is 3.16. The van der Waals surface area contributed by atoms with Crippen LogP contribution in [0.15, 0.2) is 12.4 Å². The molecule has 5 heteroatoms. The van der Waals surface area contributed by atoms with Gasteiger partial charge in [0.25, 0.3) is 0 Å². The van der Waals surface area contributed by atoms with Gasteiger partial charge in [-0.3, -0.25) is 0 Å². The molecule has 1 aromatic rings. The van der Waals surface area contributed by atoms with Gasteiger partial charge in [0.15, 0.2) is 0 Å². The van der Waals surface area contributed by atoms with Crippen molar-refractivity contribution in [3.63, 3.8) is 0 Å². The summed E-state index contributed by atoms with van der Waals surface area (Å²) in [5.41, 5.74) is 0. The first kappa shape index (κ1) is 12.7. The molecule has 0 aromatic carbocycles. The Morgan fingerprint density at radius 3 is 2.88 bits per heavy atom. The van der Waals surface area contributed by atoms with Gasteiger partial charge in [-0.15, -0.1) is 0 Å². The van der Waals surface area contributed by atoms with Gasteiger partial charge in [-0.05, 0) is 19.5 Å². The largest absolute Gasteiger partial charge is 0.481 e. The number of nitrogens with zero attached hydrogens (tertiary/aromatic N) is 3. The Bertz CT molecular complexity index is 319. The smallest absolute Gasteiger partial charge is 0.218 e. The van der Waals surface area contributed by atoms with E-state index in [1.54, 1.807) is 7.11 Å². The molecule has 1 heterocycles. The van der Waals surface area contributed by atoms with Crippen LogP contribution in [0.1, 0.15) is 6.92 Å². The first-order valence-corrected chi connectivity index (χ1v) is 5.39. The van der Waals surface area contributed by atoms with Crippen molar-refractivity contribution in [2.24, 2.45) is 5.92 Å². The Labute approximate surface area is 96.8 Å². The zero-order valence-electron chi connectivity index (χ0n) is 10.4. The molecule has 16 heavy (non-hydrogen) atoms. The predicted octanol–water partition coefficient (Wildman–Crippen LogP) is 0.777. The lowest BCUT2D eigenvalue weighted by Crippen LogP contribution is -2.30. The van der Waals surface area contributed by atoms with Gasteiger partial charge in [-0.25, -0.2) is 9.97 Å². The minimum absolute atomic E-state index is 0.566. The molecule has 1 aromatic heterocycles. The summed E-state index contributed by atoms with van der Waals surface area (Å²) < 4.78 is 5.07. The molecular weight excluding hydrogens is 204 g/mol. The quantitative estimate of drug-likeness (QED) is 0.773. The highest BCUT2D eigenvalue weighted by Crippen LogP contribution is 2.14. The number of aromatic nitrogens is 2. The minimum Gasteiger partial charge on any atom is -0.481 e. The number of ether oxygens (including phenoxy) is 1. The molecule has 0 fully saturated rings. The van der Waals surface area contributed by atoms with Crippen LogP contribution in [0.4, 0.5) is 5.82 Å². The van der Waals surface area contributed by atoms with Crippen LogP contribution in [0, 0.1) is 5.92 Å². The maximum atomic E-state index is 5.07. The van der Waals surface area contributed by atoms with E-state index in [0.29, 0.717) is 11.8 Å². The number of anilines is 1. The van der Waals surface area contributed by atoms with Gasteiger partial charge in [0.1, 0.15) is 12.1 Å². The summed E-state index contributed by atoms with van der Waals surface area (Å²) in [6, 6.07) is 1.84. The van der Waals surface area contributed by atoms with Crippen molar-refractivity contribution in [2.75, 3.05) is 39.2 Å². The highest BCUT2D eigenvalue weighted by Gasteiger charge is 2.08. The number of methoxy groups -OCH3 is 1. The predicted molar refractivity (Wildman–Crippen MR) is 64.9 cm³/mol. The molecule has 90 valence electrons. The zero-order chi connectivity index (χ0) is 12.0. The molecule has 0 saturated carbocycles. The molecule has 0 aliphatic heterocycles. The van der Waals surface area contributed by atoms with E-state index in [2.05, 4.69) is 27.1 Å². The van der Waals surface area contributed by atoms with Crippen LogP contribution in [0.3, 0.4) is 0 Å². The van der Waals surface area contributed by atoms with Crippen LogP contribution in [0.5, 0.6) is 5.88 Å². The Kier molecular flexibility index (Phi) is 4.98. The molecule has 0 bridgehead atoms. The van der Waals surface area contributed by atoms with Crippen molar-refractivity contribution in [1.82, 2.24) is 15.3 Å². The SMILES string of the molecule is CNCC(C)CN(C)c1cc(OC)ncn1. The van der Waals surface area contributed by atoms with Crippen LogP contribution in [-0.2, 0) is 0 Å². The summed E-state index contributed by atoms with van der Waals surface area (Å²) in [6.45, 7) is 4.14. The molecule has 0 amide bonds. The Hall–Kier alpha value is -1.36. The van der Waals surface area contributed by atoms with Crippen LogP contribution in [0.25, 0.3) is 0 Å². The maximum absolute atomic E-state index is 5.07. The number of nitrogens with one attached hydrogen (secondary N) is 1. The monoisotopic (exact) mass is 224 g/mol. The van der Waals surface area contributed by atoms with Crippen LogP contribution in [0.2, 0.25) is 0 Å². The fraction of sp³-hybridized carbons (Fsp3) is 0.636. The number of hydrogen-bond donors (Lipinski definition) is 1. The van der Waals surface area contributed by atoms with Gasteiger partial charge in [0, 0.05) is 19.7 Å². The average Bonchev–Trinajstić information content (AvgIpc) is 2.29. The minimum atomic E-state index is 0.566. The van der Waals surface area contributed by atoms with Gasteiger partial charge in [0.2, 0.25) is 5.88 Å². The summed E-state index contributed by atoms with van der Waals surface area (Å²) in [6.07, 6.45) is 1.52. The van der Waals surface area contributed by atoms with Crippen molar-refractivity contribution in [2.45, 2.75) is 6.92 Å². The third-order valence-corrected chi connectivity index (χ3v) is 2.37. The lowest BCUT2D eigenvalue weighted by Gasteiger charge is -2.22. The van der Waals surface area contributed by atoms with Crippen LogP contribution >= 0.6 is 0 Å². The Morgan fingerprint density at radius 1 is 1.50 bits per heavy atom. The van der Waals surface area contributed by atoms with Gasteiger partial charge < -0.3 is 15.0 Å². The van der Waals surface area contributed by atoms with E-state index >= 15 is 0 Å². The highest BCUT2D eigenvalue weighted by atomic mass is 16.5. The molecular formula is C11H20N4O. The van der Waals surface area contributed by atoms with Gasteiger partial charge in [-0.1, -0.05) is 6.92 Å². The molecule has 1 rings (SSSR count). The fourth-order valence-corrected chi connectivity index (χ4v) is 1.62. The van der Waals surface area contributed by atoms with Crippen molar-refractivity contribution >= 4 is 5.82 Å². The Balaban J connectivity index is 2.61. The third-order valence-electron chi connectivity index (χ3n) is 2.37. The van der Waals surface area contributed by atoms with Gasteiger partial charge >= 0.3 is 0 Å². The topological polar surface area (TPSA) is 50.3 Å². The Morgan fingerprint density at radius 2 is 2.25 bits per heavy atom. The van der Waals surface area contributed by atoms with E-state index in [-0.39, 0.29) is 0 Å². The molecule has 0 aliphatic carbocycles. The third kappa shape index (κ3) is 3.66. The lowest BCUT2D eigenvalue weighted by molar-refractivity contribution is 0.396. The van der Waals surface area contributed by atoms with Crippen molar-refractivity contribution in [1.29, 1.82) is 0 Å². The normalized spacial score (nSPS) is 12.2. The summed E-state index contributed by atoms with van der Waals surface area (Å²) >= 11 is 0. The summed E-state index contributed by atoms with van der Waals surface area (Å²) in [7, 11) is 5.59. The number of rotatable bonds is 6. The van der Waals surface area contributed by atoms with E-state index in [1.165, 1.54) is 6.33 Å². The molecule has 0 spiro atoms. The van der Waals surface area contributed by atoms with Gasteiger partial charge in [0.05, 0.1) is 7.11 Å². The average molecular weight is 224 g/mol. The second-order valence-corrected chi connectivity index (χ2v) is 3.96. The molecule has 0 saturated heterocycles. The molecule has 0 radical (unpaired) electrons. The molecule has 1 unspecified atom stereocenters. The number of hydrogen-bond acceptors (Lipinski definition) is 5. The first-order chi connectivity index (χ1) is 7.67. The van der Waals surface area contributed by atoms with E-state index in [1.807, 2.05) is 20.2 Å². The van der Waals surface area contributed by atoms with E-state index in [4.69, 9.17) is 4.74 Å². The van der Waals surface area contributed by atoms with Crippen molar-refractivity contribution < 1.29 is 4.74 Å². The van der Waals surface area contributed by atoms with Crippen molar-refractivity contribution in [3.8, 4) is 5.88 Å². The standard InChI is InChI=1S/C11H20N4O/c1-9(6-12-2)7-15(3)10-5-11(16-4)14-8-13-10/h5,8-9,12H,6-7H2,1-4H3. The summed E-state index contributed by atoms with van der Waals surface area (Å²) in [5.74, 6) is 2.05. The molecule has 1 N–H and O–H groups in total. The molecule has 0 aliphatic rings. The van der Waals surface area contributed by atoms with Gasteiger partial charge in [-0.2, -0.15) is 0 Å². The van der Waals surface area contributed by atoms with E-state index in [9.17, 15) is 0 Å². The second-order valence-electron chi connectivity index (χ2n) is 3.96. The zero-order valence-corrected chi connectivity index (χ0v) is 10.4. The summed E-state index contributed by atoms with van der Waals surface area (Å²) in [4.78, 5) is 10.3. The highest BCUT2D eigenvalue weighted by molar-refractivity contribution is 5.39. The second kappa shape index (κ2) is 6.27. The first-order valence-electron chi connectivity index (χ1n) is 5.39. The maximum Gasteiger partial charge on any atom is 0.218 e. The fourth-order valence-electron chi connectivity index (χ4n) is 1.62. The van der Waals surface area contributed by atoms with Crippen LogP contribution in [-0.4, -0.2) is 44.3 Å². The van der Waals surface area contributed by atoms with E-state index < -0.39 is 0 Å². The lowest BCUT2D eigenvalue weighted by atomic mass is 10.1.